The van der Waals surface area contributed by atoms with Gasteiger partial charge >= 0.3 is 17.4 Å². The van der Waals surface area contributed by atoms with Gasteiger partial charge in [-0.3, -0.25) is 12.7 Å². The van der Waals surface area contributed by atoms with Crippen LogP contribution in [0.3, 0.4) is 0 Å². The molecule has 0 aromatic heterocycles. The molecule has 0 aliphatic heterocycles. The third-order valence-corrected chi connectivity index (χ3v) is 0.0861. The van der Waals surface area contributed by atoms with Crippen LogP contribution in [0, 0.1) is 6.58 Å². The molecule has 0 saturated carbocycles. The number of allylic oxidation sites excluding steroid dienone is 1. The molecule has 0 bridgehead atoms. The molecule has 0 heterocycles. The van der Waals surface area contributed by atoms with E-state index in [0.29, 0.717) is 0 Å². The van der Waals surface area contributed by atoms with Crippen molar-refractivity contribution < 1.29 is 17.4 Å². The van der Waals surface area contributed by atoms with Crippen LogP contribution in [-0.4, -0.2) is 6.21 Å². The summed E-state index contributed by atoms with van der Waals surface area (Å²) in [6.45, 7) is 4.60. The molecule has 0 aliphatic rings. The quantitative estimate of drug-likeness (QED) is 0.344. The maximum absolute atomic E-state index is 7.57. The fourth-order valence-corrected chi connectivity index (χ4v) is 0. The molecule has 1 nitrogen and oxygen atoms in total. The summed E-state index contributed by atoms with van der Waals surface area (Å²) >= 11 is 0. The van der Waals surface area contributed by atoms with Crippen molar-refractivity contribution in [3.8, 4) is 0 Å². The Balaban J connectivity index is 0. The molecule has 0 aromatic carbocycles. The van der Waals surface area contributed by atoms with E-state index < -0.39 is 0 Å². The number of hydrogen-bond donors (Lipinski definition) is 0. The standard InChI is InChI=1S/C3H3N.Cr/c1-2-3-4;/h1-3H;/q-2;+2. The fourth-order valence-electron chi connectivity index (χ4n) is 0. The fraction of sp³-hybridized carbons (Fsp3) is 0. The third-order valence-electron chi connectivity index (χ3n) is 0.0861. The molecule has 0 spiro atoms. The molecular formula is C3H3CrN. The summed E-state index contributed by atoms with van der Waals surface area (Å²) in [5.41, 5.74) is 0. The molecule has 0 aliphatic carbocycles. The molecule has 2 heteroatoms. The topological polar surface area (TPSA) is 22.3 Å². The van der Waals surface area contributed by atoms with Crippen molar-refractivity contribution in [1.82, 2.24) is 0 Å². The van der Waals surface area contributed by atoms with E-state index in [-0.39, 0.29) is 17.4 Å². The van der Waals surface area contributed by atoms with Crippen molar-refractivity contribution in [3.05, 3.63) is 18.1 Å². The van der Waals surface area contributed by atoms with Crippen molar-refractivity contribution in [3.63, 3.8) is 0 Å². The number of rotatable bonds is 1. The van der Waals surface area contributed by atoms with Crippen LogP contribution >= 0.6 is 0 Å². The Morgan fingerprint density at radius 2 is 1.80 bits per heavy atom. The molecule has 0 unspecified atom stereocenters. The number of hydrogen-bond acceptors (Lipinski definition) is 0. The van der Waals surface area contributed by atoms with Crippen LogP contribution in [0.4, 0.5) is 0 Å². The molecule has 0 aromatic rings. The molecule has 0 N–H and O–H groups in total. The molecule has 0 rings (SSSR count). The maximum Gasteiger partial charge on any atom is 2.00 e. The molecule has 0 fully saturated rings. The summed E-state index contributed by atoms with van der Waals surface area (Å²) in [6, 6.07) is 0. The van der Waals surface area contributed by atoms with Crippen LogP contribution in [0.25, 0.3) is 5.41 Å². The van der Waals surface area contributed by atoms with Crippen LogP contribution in [-0.2, 0) is 17.4 Å². The monoisotopic (exact) mass is 105 g/mol. The van der Waals surface area contributed by atoms with E-state index in [2.05, 4.69) is 6.58 Å². The van der Waals surface area contributed by atoms with Gasteiger partial charge < -0.3 is 11.6 Å². The average molecular weight is 105 g/mol. The zero-order chi connectivity index (χ0) is 3.41. The summed E-state index contributed by atoms with van der Waals surface area (Å²) in [6.07, 6.45) is 1.83. The first-order chi connectivity index (χ1) is 1.91. The minimum absolute atomic E-state index is 0. The van der Waals surface area contributed by atoms with Gasteiger partial charge in [-0.05, 0) is 0 Å². The van der Waals surface area contributed by atoms with Gasteiger partial charge in [-0.2, -0.15) is 0 Å². The maximum atomic E-state index is 7.57. The van der Waals surface area contributed by atoms with Crippen molar-refractivity contribution in [1.29, 1.82) is 0 Å². The Bertz CT molecular complexity index is 27.9. The molecule has 0 saturated heterocycles. The molecule has 0 atom stereocenters. The second-order valence-electron chi connectivity index (χ2n) is 0.342. The Morgan fingerprint density at radius 3 is 1.80 bits per heavy atom. The van der Waals surface area contributed by atoms with Gasteiger partial charge in [-0.1, -0.05) is 0 Å². The van der Waals surface area contributed by atoms with Gasteiger partial charge in [-0.25, -0.2) is 0 Å². The number of nitrogens with zero attached hydrogens (tertiary/aromatic N) is 1. The first-order valence-corrected chi connectivity index (χ1v) is 0.925. The van der Waals surface area contributed by atoms with Gasteiger partial charge in [0.2, 0.25) is 0 Å². The van der Waals surface area contributed by atoms with Crippen LogP contribution in [0.1, 0.15) is 0 Å². The van der Waals surface area contributed by atoms with E-state index in [9.17, 15) is 0 Å². The van der Waals surface area contributed by atoms with Crippen LogP contribution < -0.4 is 0 Å². The van der Waals surface area contributed by atoms with Gasteiger partial charge in [0.15, 0.2) is 0 Å². The summed E-state index contributed by atoms with van der Waals surface area (Å²) < 4.78 is 0. The van der Waals surface area contributed by atoms with Crippen LogP contribution in [0.2, 0.25) is 0 Å². The van der Waals surface area contributed by atoms with E-state index in [1.54, 1.807) is 0 Å². The zero-order valence-corrected chi connectivity index (χ0v) is 3.86. The SMILES string of the molecule is [CH-]=CC=[N-].[Cr+2]. The minimum Gasteiger partial charge on any atom is -0.911 e. The summed E-state index contributed by atoms with van der Waals surface area (Å²) in [5, 5.41) is 7.57. The van der Waals surface area contributed by atoms with Crippen molar-refractivity contribution in [2.45, 2.75) is 0 Å². The van der Waals surface area contributed by atoms with E-state index in [1.807, 2.05) is 0 Å². The predicted octanol–water partition coefficient (Wildman–Crippen LogP) is 0.613. The molecule has 0 amide bonds. The van der Waals surface area contributed by atoms with E-state index in [0.717, 1.165) is 12.3 Å². The summed E-state index contributed by atoms with van der Waals surface area (Å²) in [7, 11) is 0. The van der Waals surface area contributed by atoms with Crippen LogP contribution in [0.15, 0.2) is 6.08 Å². The smallest absolute Gasteiger partial charge is 0.911 e. The van der Waals surface area contributed by atoms with E-state index in [4.69, 9.17) is 5.41 Å². The van der Waals surface area contributed by atoms with Gasteiger partial charge in [0.25, 0.3) is 0 Å². The average Bonchev–Trinajstić information content (AvgIpc) is 1.37. The van der Waals surface area contributed by atoms with Crippen molar-refractivity contribution in [2.75, 3.05) is 0 Å². The normalized spacial score (nSPS) is 4.00. The minimum atomic E-state index is 0. The second kappa shape index (κ2) is 9.05. The van der Waals surface area contributed by atoms with Gasteiger partial charge in [0.05, 0.1) is 0 Å². The van der Waals surface area contributed by atoms with Gasteiger partial charge in [0, 0.05) is 0 Å². The molecule has 5 heavy (non-hydrogen) atoms. The van der Waals surface area contributed by atoms with Gasteiger partial charge in [-0.15, -0.1) is 0 Å². The summed E-state index contributed by atoms with van der Waals surface area (Å²) in [4.78, 5) is 0. The second-order valence-corrected chi connectivity index (χ2v) is 0.342. The van der Waals surface area contributed by atoms with Crippen molar-refractivity contribution >= 4 is 6.21 Å². The molecule has 0 radical (unpaired) electrons. The van der Waals surface area contributed by atoms with E-state index in [1.165, 1.54) is 0 Å². The Labute approximate surface area is 42.3 Å². The molecule has 26 valence electrons. The Hall–Kier alpha value is -0.0575. The largest absolute Gasteiger partial charge is 2.00 e. The van der Waals surface area contributed by atoms with Crippen LogP contribution in [0.5, 0.6) is 0 Å². The third kappa shape index (κ3) is 16.7. The predicted molar refractivity (Wildman–Crippen MR) is 18.3 cm³/mol. The van der Waals surface area contributed by atoms with Crippen molar-refractivity contribution in [2.24, 2.45) is 0 Å². The molecular weight excluding hydrogens is 102 g/mol. The first-order valence-electron chi connectivity index (χ1n) is 0.925. The summed E-state index contributed by atoms with van der Waals surface area (Å²) in [5.74, 6) is 0. The zero-order valence-electron chi connectivity index (χ0n) is 2.59. The van der Waals surface area contributed by atoms with Gasteiger partial charge in [0.1, 0.15) is 0 Å². The van der Waals surface area contributed by atoms with E-state index >= 15 is 0 Å². The Morgan fingerprint density at radius 1 is 1.60 bits per heavy atom. The first kappa shape index (κ1) is 8.87. The Kier molecular flexibility index (Phi) is 16.1.